The summed E-state index contributed by atoms with van der Waals surface area (Å²) in [5.74, 6) is 0. The Morgan fingerprint density at radius 2 is 1.62 bits per heavy atom. The predicted octanol–water partition coefficient (Wildman–Crippen LogP) is 5.41. The Hall–Kier alpha value is -3.54. The van der Waals surface area contributed by atoms with E-state index in [1.807, 2.05) is 33.4 Å². The van der Waals surface area contributed by atoms with Crippen molar-refractivity contribution in [2.24, 2.45) is 0 Å². The largest absolute Gasteiger partial charge is 0.295 e. The van der Waals surface area contributed by atoms with E-state index in [1.165, 1.54) is 17.5 Å². The van der Waals surface area contributed by atoms with Crippen molar-refractivity contribution >= 4 is 33.2 Å². The molecule has 2 aromatic carbocycles. The highest BCUT2D eigenvalue weighted by atomic mass is 16.1. The summed E-state index contributed by atoms with van der Waals surface area (Å²) in [6, 6.07) is 14.3. The average Bonchev–Trinajstić information content (AvgIpc) is 3.14. The van der Waals surface area contributed by atoms with Gasteiger partial charge >= 0.3 is 0 Å². The maximum atomic E-state index is 13.8. The highest BCUT2D eigenvalue weighted by Gasteiger charge is 2.24. The number of rotatable bonds is 2. The Kier molecular flexibility index (Phi) is 4.35. The molecule has 1 aliphatic carbocycles. The molecule has 6 nitrogen and oxygen atoms in total. The van der Waals surface area contributed by atoms with E-state index in [1.54, 1.807) is 6.33 Å². The first-order valence-electron chi connectivity index (χ1n) is 11.4. The van der Waals surface area contributed by atoms with Gasteiger partial charge in [-0.2, -0.15) is 0 Å². The molecule has 5 aromatic rings. The van der Waals surface area contributed by atoms with Crippen LogP contribution in [0.25, 0.3) is 38.9 Å². The molecule has 1 saturated carbocycles. The summed E-state index contributed by atoms with van der Waals surface area (Å²) in [5, 5.41) is 0.560. The van der Waals surface area contributed by atoms with E-state index in [9.17, 15) is 4.79 Å². The van der Waals surface area contributed by atoms with Gasteiger partial charge in [0, 0.05) is 11.7 Å². The molecule has 0 bridgehead atoms. The minimum Gasteiger partial charge on any atom is -0.295 e. The van der Waals surface area contributed by atoms with Crippen LogP contribution >= 0.6 is 0 Å². The van der Waals surface area contributed by atoms with E-state index in [0.717, 1.165) is 42.4 Å². The molecule has 0 unspecified atom stereocenters. The number of fused-ring (bicyclic) bond motifs is 4. The van der Waals surface area contributed by atoms with E-state index in [-0.39, 0.29) is 11.6 Å². The first-order valence-corrected chi connectivity index (χ1v) is 11.4. The normalized spacial score (nSPS) is 15.2. The zero-order valence-electron chi connectivity index (χ0n) is 18.4. The van der Waals surface area contributed by atoms with Crippen LogP contribution in [0.2, 0.25) is 0 Å². The molecule has 3 heterocycles. The fourth-order valence-corrected chi connectivity index (χ4v) is 4.98. The van der Waals surface area contributed by atoms with E-state index in [4.69, 9.17) is 15.0 Å². The van der Waals surface area contributed by atoms with Crippen molar-refractivity contribution in [3.05, 3.63) is 70.3 Å². The molecule has 160 valence electrons. The van der Waals surface area contributed by atoms with Crippen LogP contribution in [0, 0.1) is 13.8 Å². The first-order chi connectivity index (χ1) is 15.6. The SMILES string of the molecule is Cc1ccc(-n2c3nc4ccccc4nc3c3c(=O)n(C4CCCCC4)cnc32)cc1C. The maximum Gasteiger partial charge on any atom is 0.265 e. The molecule has 6 heteroatoms. The third-order valence-electron chi connectivity index (χ3n) is 6.91. The molecule has 0 atom stereocenters. The van der Waals surface area contributed by atoms with Crippen LogP contribution in [0.3, 0.4) is 0 Å². The molecule has 3 aromatic heterocycles. The molecule has 1 fully saturated rings. The van der Waals surface area contributed by atoms with E-state index < -0.39 is 0 Å². The van der Waals surface area contributed by atoms with Gasteiger partial charge in [0.15, 0.2) is 11.3 Å². The smallest absolute Gasteiger partial charge is 0.265 e. The average molecular weight is 424 g/mol. The number of para-hydroxylation sites is 2. The van der Waals surface area contributed by atoms with E-state index in [0.29, 0.717) is 22.2 Å². The number of aromatic nitrogens is 5. The quantitative estimate of drug-likeness (QED) is 0.381. The number of hydrogen-bond acceptors (Lipinski definition) is 4. The topological polar surface area (TPSA) is 65.6 Å². The van der Waals surface area contributed by atoms with Gasteiger partial charge in [0.2, 0.25) is 0 Å². The molecule has 0 saturated heterocycles. The van der Waals surface area contributed by atoms with Crippen LogP contribution in [0.15, 0.2) is 53.6 Å². The second-order valence-corrected chi connectivity index (χ2v) is 8.94. The Balaban J connectivity index is 1.73. The van der Waals surface area contributed by atoms with E-state index in [2.05, 4.69) is 32.0 Å². The van der Waals surface area contributed by atoms with Gasteiger partial charge in [0.25, 0.3) is 5.56 Å². The fourth-order valence-electron chi connectivity index (χ4n) is 4.98. The van der Waals surface area contributed by atoms with E-state index >= 15 is 0 Å². The second-order valence-electron chi connectivity index (χ2n) is 8.94. The van der Waals surface area contributed by atoms with Crippen molar-refractivity contribution < 1.29 is 0 Å². The van der Waals surface area contributed by atoms with Crippen LogP contribution in [0.4, 0.5) is 0 Å². The molecular weight excluding hydrogens is 398 g/mol. The van der Waals surface area contributed by atoms with Crippen molar-refractivity contribution in [1.82, 2.24) is 24.1 Å². The molecule has 0 radical (unpaired) electrons. The monoisotopic (exact) mass is 423 g/mol. The molecule has 0 spiro atoms. The van der Waals surface area contributed by atoms with Crippen LogP contribution in [-0.2, 0) is 0 Å². The predicted molar refractivity (Wildman–Crippen MR) is 128 cm³/mol. The maximum absolute atomic E-state index is 13.8. The second kappa shape index (κ2) is 7.26. The Labute approximate surface area is 185 Å². The van der Waals surface area contributed by atoms with Crippen molar-refractivity contribution in [3.63, 3.8) is 0 Å². The lowest BCUT2D eigenvalue weighted by atomic mass is 9.95. The van der Waals surface area contributed by atoms with Crippen LogP contribution < -0.4 is 5.56 Å². The third-order valence-corrected chi connectivity index (χ3v) is 6.91. The van der Waals surface area contributed by atoms with Crippen molar-refractivity contribution in [3.8, 4) is 5.69 Å². The number of benzene rings is 2. The zero-order chi connectivity index (χ0) is 21.8. The van der Waals surface area contributed by atoms with Gasteiger partial charge < -0.3 is 0 Å². The van der Waals surface area contributed by atoms with Crippen LogP contribution in [0.1, 0.15) is 49.3 Å². The van der Waals surface area contributed by atoms with Gasteiger partial charge in [-0.25, -0.2) is 15.0 Å². The summed E-state index contributed by atoms with van der Waals surface area (Å²) >= 11 is 0. The molecule has 0 N–H and O–H groups in total. The molecule has 6 rings (SSSR count). The Morgan fingerprint density at radius 3 is 2.38 bits per heavy atom. The third kappa shape index (κ3) is 2.86. The lowest BCUT2D eigenvalue weighted by Crippen LogP contribution is -2.26. The van der Waals surface area contributed by atoms with Gasteiger partial charge in [0.05, 0.1) is 11.0 Å². The lowest BCUT2D eigenvalue weighted by Gasteiger charge is -2.23. The Bertz CT molecular complexity index is 1560. The lowest BCUT2D eigenvalue weighted by molar-refractivity contribution is 0.345. The van der Waals surface area contributed by atoms with Crippen molar-refractivity contribution in [2.75, 3.05) is 0 Å². The first kappa shape index (κ1) is 19.2. The summed E-state index contributed by atoms with van der Waals surface area (Å²) in [5.41, 5.74) is 6.84. The van der Waals surface area contributed by atoms with Crippen LogP contribution in [0.5, 0.6) is 0 Å². The summed E-state index contributed by atoms with van der Waals surface area (Å²) in [6.07, 6.45) is 7.34. The summed E-state index contributed by atoms with van der Waals surface area (Å²) in [7, 11) is 0. The number of aryl methyl sites for hydroxylation is 2. The molecule has 32 heavy (non-hydrogen) atoms. The number of hydrogen-bond donors (Lipinski definition) is 0. The zero-order valence-corrected chi connectivity index (χ0v) is 18.4. The van der Waals surface area contributed by atoms with Gasteiger partial charge in [0.1, 0.15) is 17.2 Å². The van der Waals surface area contributed by atoms with Gasteiger partial charge in [-0.3, -0.25) is 13.9 Å². The molecule has 1 aliphatic rings. The van der Waals surface area contributed by atoms with Gasteiger partial charge in [-0.05, 0) is 62.1 Å². The Morgan fingerprint density at radius 1 is 0.875 bits per heavy atom. The van der Waals surface area contributed by atoms with Gasteiger partial charge in [-0.1, -0.05) is 37.5 Å². The standard InChI is InChI=1S/C26H25N5O/c1-16-12-13-19(14-17(16)2)31-24-22(23-25(31)29-21-11-7-6-10-20(21)28-23)26(32)30(15-27-24)18-8-4-3-5-9-18/h6-7,10-15,18H,3-5,8-9H2,1-2H3. The van der Waals surface area contributed by atoms with Crippen molar-refractivity contribution in [1.29, 1.82) is 0 Å². The fraction of sp³-hybridized carbons (Fsp3) is 0.308. The highest BCUT2D eigenvalue weighted by molar-refractivity contribution is 6.05. The minimum absolute atomic E-state index is 0.0148. The molecular formula is C26H25N5O. The van der Waals surface area contributed by atoms with Gasteiger partial charge in [-0.15, -0.1) is 0 Å². The molecule has 0 amide bonds. The minimum atomic E-state index is -0.0148. The highest BCUT2D eigenvalue weighted by Crippen LogP contribution is 2.31. The van der Waals surface area contributed by atoms with Crippen molar-refractivity contribution in [2.45, 2.75) is 52.0 Å². The summed E-state index contributed by atoms with van der Waals surface area (Å²) in [4.78, 5) is 28.4. The summed E-state index contributed by atoms with van der Waals surface area (Å²) in [6.45, 7) is 4.19. The molecule has 0 aliphatic heterocycles. The summed E-state index contributed by atoms with van der Waals surface area (Å²) < 4.78 is 3.83. The van der Waals surface area contributed by atoms with Crippen LogP contribution in [-0.4, -0.2) is 24.1 Å². The number of nitrogens with zero attached hydrogens (tertiary/aromatic N) is 5.